The zero-order valence-electron chi connectivity index (χ0n) is 11.1. The SMILES string of the molecule is Cc1cc(-n2nc(C)cc2C)c(C(=N)N)c(C)n1. The molecule has 2 rings (SSSR count). The van der Waals surface area contributed by atoms with Gasteiger partial charge in [0, 0.05) is 11.4 Å². The van der Waals surface area contributed by atoms with Gasteiger partial charge >= 0.3 is 0 Å². The van der Waals surface area contributed by atoms with Gasteiger partial charge in [-0.05, 0) is 39.8 Å². The van der Waals surface area contributed by atoms with E-state index in [4.69, 9.17) is 11.1 Å². The number of nitrogens with one attached hydrogen (secondary N) is 1. The molecule has 0 aromatic carbocycles. The van der Waals surface area contributed by atoms with Crippen LogP contribution in [0, 0.1) is 33.1 Å². The highest BCUT2D eigenvalue weighted by atomic mass is 15.3. The first-order valence-corrected chi connectivity index (χ1v) is 5.76. The van der Waals surface area contributed by atoms with Crippen LogP contribution in [0.1, 0.15) is 28.3 Å². The summed E-state index contributed by atoms with van der Waals surface area (Å²) in [4.78, 5) is 4.36. The van der Waals surface area contributed by atoms with E-state index in [0.717, 1.165) is 28.5 Å². The molecule has 0 bridgehead atoms. The molecule has 0 fully saturated rings. The second-order valence-corrected chi connectivity index (χ2v) is 4.50. The fourth-order valence-electron chi connectivity index (χ4n) is 2.18. The Morgan fingerprint density at radius 1 is 1.17 bits per heavy atom. The average molecular weight is 243 g/mol. The van der Waals surface area contributed by atoms with E-state index in [9.17, 15) is 0 Å². The van der Waals surface area contributed by atoms with Gasteiger partial charge in [0.15, 0.2) is 0 Å². The van der Waals surface area contributed by atoms with Crippen LogP contribution in [0.15, 0.2) is 12.1 Å². The molecule has 0 aliphatic heterocycles. The number of nitrogens with zero attached hydrogens (tertiary/aromatic N) is 3. The minimum absolute atomic E-state index is 0.0163. The van der Waals surface area contributed by atoms with E-state index in [1.807, 2.05) is 44.5 Å². The van der Waals surface area contributed by atoms with E-state index >= 15 is 0 Å². The average Bonchev–Trinajstić information content (AvgIpc) is 2.55. The van der Waals surface area contributed by atoms with Crippen LogP contribution in [-0.2, 0) is 0 Å². The minimum atomic E-state index is 0.0163. The number of nitrogen functional groups attached to an aromatic ring is 1. The lowest BCUT2D eigenvalue weighted by atomic mass is 10.1. The van der Waals surface area contributed by atoms with Crippen LogP contribution in [0.4, 0.5) is 0 Å². The maximum Gasteiger partial charge on any atom is 0.126 e. The van der Waals surface area contributed by atoms with E-state index in [2.05, 4.69) is 10.1 Å². The molecule has 0 aliphatic rings. The molecule has 0 unspecified atom stereocenters. The molecular weight excluding hydrogens is 226 g/mol. The fraction of sp³-hybridized carbons (Fsp3) is 0.308. The first-order chi connectivity index (χ1) is 8.40. The number of aryl methyl sites for hydroxylation is 4. The van der Waals surface area contributed by atoms with Crippen LogP contribution < -0.4 is 5.73 Å². The summed E-state index contributed by atoms with van der Waals surface area (Å²) in [6, 6.07) is 3.90. The van der Waals surface area contributed by atoms with Crippen molar-refractivity contribution < 1.29 is 0 Å². The van der Waals surface area contributed by atoms with Gasteiger partial charge in [-0.2, -0.15) is 5.10 Å². The predicted molar refractivity (Wildman–Crippen MR) is 71.3 cm³/mol. The molecule has 5 nitrogen and oxygen atoms in total. The Hall–Kier alpha value is -2.17. The standard InChI is InChI=1S/C13H17N5/c1-7-6-11(12(13(14)15)10(4)16-7)18-9(3)5-8(2)17-18/h5-6H,1-4H3,(H3,14,15). The van der Waals surface area contributed by atoms with Crippen molar-refractivity contribution >= 4 is 5.84 Å². The van der Waals surface area contributed by atoms with Gasteiger partial charge in [0.1, 0.15) is 5.84 Å². The Labute approximate surface area is 106 Å². The second kappa shape index (κ2) is 4.25. The van der Waals surface area contributed by atoms with Crippen molar-refractivity contribution in [1.29, 1.82) is 5.41 Å². The monoisotopic (exact) mass is 243 g/mol. The van der Waals surface area contributed by atoms with Crippen LogP contribution in [0.3, 0.4) is 0 Å². The first-order valence-electron chi connectivity index (χ1n) is 5.76. The Morgan fingerprint density at radius 3 is 2.33 bits per heavy atom. The van der Waals surface area contributed by atoms with Crippen LogP contribution in [0.2, 0.25) is 0 Å². The third-order valence-corrected chi connectivity index (χ3v) is 2.81. The molecule has 0 saturated carbocycles. The molecule has 94 valence electrons. The van der Waals surface area contributed by atoms with Gasteiger partial charge < -0.3 is 5.73 Å². The molecule has 0 aliphatic carbocycles. The third kappa shape index (κ3) is 1.99. The molecule has 3 N–H and O–H groups in total. The van der Waals surface area contributed by atoms with E-state index < -0.39 is 0 Å². The molecule has 18 heavy (non-hydrogen) atoms. The molecule has 5 heteroatoms. The van der Waals surface area contributed by atoms with Gasteiger partial charge in [-0.3, -0.25) is 10.4 Å². The molecule has 0 amide bonds. The lowest BCUT2D eigenvalue weighted by Crippen LogP contribution is -2.18. The lowest BCUT2D eigenvalue weighted by Gasteiger charge is -2.13. The van der Waals surface area contributed by atoms with Crippen molar-refractivity contribution in [3.8, 4) is 5.69 Å². The topological polar surface area (TPSA) is 80.6 Å². The van der Waals surface area contributed by atoms with Gasteiger partial charge in [0.05, 0.1) is 22.6 Å². The van der Waals surface area contributed by atoms with E-state index in [1.165, 1.54) is 0 Å². The highest BCUT2D eigenvalue weighted by Crippen LogP contribution is 2.20. The van der Waals surface area contributed by atoms with Gasteiger partial charge in [-0.25, -0.2) is 4.68 Å². The van der Waals surface area contributed by atoms with Crippen molar-refractivity contribution in [3.63, 3.8) is 0 Å². The van der Waals surface area contributed by atoms with Gasteiger partial charge in [-0.15, -0.1) is 0 Å². The van der Waals surface area contributed by atoms with Crippen molar-refractivity contribution in [2.75, 3.05) is 0 Å². The summed E-state index contributed by atoms with van der Waals surface area (Å²) in [6.45, 7) is 7.71. The molecule has 2 aromatic heterocycles. The predicted octanol–water partition coefficient (Wildman–Crippen LogP) is 1.79. The Morgan fingerprint density at radius 2 is 1.83 bits per heavy atom. The van der Waals surface area contributed by atoms with E-state index in [1.54, 1.807) is 0 Å². The van der Waals surface area contributed by atoms with Crippen LogP contribution >= 0.6 is 0 Å². The maximum atomic E-state index is 7.71. The molecule has 2 heterocycles. The van der Waals surface area contributed by atoms with Gasteiger partial charge in [0.2, 0.25) is 0 Å². The van der Waals surface area contributed by atoms with Crippen molar-refractivity contribution in [3.05, 3.63) is 40.5 Å². The smallest absolute Gasteiger partial charge is 0.126 e. The number of amidine groups is 1. The Kier molecular flexibility index (Phi) is 2.90. The first kappa shape index (κ1) is 12.3. The summed E-state index contributed by atoms with van der Waals surface area (Å²) >= 11 is 0. The highest BCUT2D eigenvalue weighted by Gasteiger charge is 2.15. The fourth-order valence-corrected chi connectivity index (χ4v) is 2.18. The zero-order valence-corrected chi connectivity index (χ0v) is 11.1. The van der Waals surface area contributed by atoms with Crippen molar-refractivity contribution in [2.45, 2.75) is 27.7 Å². The summed E-state index contributed by atoms with van der Waals surface area (Å²) < 4.78 is 1.81. The summed E-state index contributed by atoms with van der Waals surface area (Å²) in [5.74, 6) is 0.0163. The summed E-state index contributed by atoms with van der Waals surface area (Å²) in [6.07, 6.45) is 0. The quantitative estimate of drug-likeness (QED) is 0.623. The summed E-state index contributed by atoms with van der Waals surface area (Å²) in [5, 5.41) is 12.2. The third-order valence-electron chi connectivity index (χ3n) is 2.81. The van der Waals surface area contributed by atoms with E-state index in [0.29, 0.717) is 5.56 Å². The number of nitrogens with two attached hydrogens (primary N) is 1. The Bertz CT molecular complexity index is 625. The molecule has 0 radical (unpaired) electrons. The van der Waals surface area contributed by atoms with Crippen LogP contribution in [0.25, 0.3) is 5.69 Å². The summed E-state index contributed by atoms with van der Waals surface area (Å²) in [7, 11) is 0. The number of pyridine rings is 1. The summed E-state index contributed by atoms with van der Waals surface area (Å²) in [5.41, 5.74) is 10.7. The minimum Gasteiger partial charge on any atom is -0.384 e. The lowest BCUT2D eigenvalue weighted by molar-refractivity contribution is 0.824. The number of rotatable bonds is 2. The molecule has 2 aromatic rings. The maximum absolute atomic E-state index is 7.71. The molecule has 0 spiro atoms. The highest BCUT2D eigenvalue weighted by molar-refractivity contribution is 5.99. The zero-order chi connectivity index (χ0) is 13.4. The number of hydrogen-bond acceptors (Lipinski definition) is 3. The van der Waals surface area contributed by atoms with Crippen molar-refractivity contribution in [2.24, 2.45) is 5.73 Å². The molecular formula is C13H17N5. The molecule has 0 saturated heterocycles. The Balaban J connectivity index is 2.77. The molecule has 0 atom stereocenters. The largest absolute Gasteiger partial charge is 0.384 e. The van der Waals surface area contributed by atoms with Crippen LogP contribution in [-0.4, -0.2) is 20.6 Å². The normalized spacial score (nSPS) is 10.7. The van der Waals surface area contributed by atoms with Crippen LogP contribution in [0.5, 0.6) is 0 Å². The number of hydrogen-bond donors (Lipinski definition) is 2. The van der Waals surface area contributed by atoms with Gasteiger partial charge in [0.25, 0.3) is 0 Å². The van der Waals surface area contributed by atoms with E-state index in [-0.39, 0.29) is 5.84 Å². The number of aromatic nitrogens is 3. The van der Waals surface area contributed by atoms with Crippen molar-refractivity contribution in [1.82, 2.24) is 14.8 Å². The second-order valence-electron chi connectivity index (χ2n) is 4.50. The van der Waals surface area contributed by atoms with Gasteiger partial charge in [-0.1, -0.05) is 0 Å².